The molecule has 0 spiro atoms. The smallest absolute Gasteiger partial charge is 0.229 e. The molecule has 0 unspecified atom stereocenters. The lowest BCUT2D eigenvalue weighted by Gasteiger charge is -2.13. The number of hydrogen-bond acceptors (Lipinski definition) is 7. The summed E-state index contributed by atoms with van der Waals surface area (Å²) >= 11 is 0. The number of rotatable bonds is 4. The first-order valence-electron chi connectivity index (χ1n) is 8.60. The van der Waals surface area contributed by atoms with Gasteiger partial charge in [-0.15, -0.1) is 0 Å². The molecule has 1 fully saturated rings. The van der Waals surface area contributed by atoms with Crippen molar-refractivity contribution in [2.24, 2.45) is 5.73 Å². The Hall–Kier alpha value is -3.55. The Morgan fingerprint density at radius 1 is 1.22 bits per heavy atom. The van der Waals surface area contributed by atoms with E-state index in [4.69, 9.17) is 10.2 Å². The average Bonchev–Trinajstić information content (AvgIpc) is 3.40. The molecular weight excluding hydrogens is 344 g/mol. The number of carbonyl (C=O) groups is 1. The fraction of sp³-hybridized carbons (Fsp3) is 0.211. The lowest BCUT2D eigenvalue weighted by Crippen LogP contribution is -2.29. The Labute approximate surface area is 153 Å². The number of nitrogens with zero attached hydrogens (tertiary/aromatic N) is 4. The first-order chi connectivity index (χ1) is 13.1. The van der Waals surface area contributed by atoms with Crippen molar-refractivity contribution in [3.05, 3.63) is 42.6 Å². The van der Waals surface area contributed by atoms with E-state index in [2.05, 4.69) is 25.3 Å². The first-order valence-corrected chi connectivity index (χ1v) is 8.60. The fourth-order valence-electron chi connectivity index (χ4n) is 3.42. The molecule has 4 aromatic rings. The number of hydrogen-bond donors (Lipinski definition) is 2. The van der Waals surface area contributed by atoms with E-state index < -0.39 is 5.41 Å². The standard InChI is InChI=1S/C19H16N6O2/c1-21-16-11-7-23-15(19(3-4-19)18(20)26)6-10(11)12(8-24-16)17-25-13-9-22-5-2-14(13)27-17/h2,5-9H,3-4H2,1H3,(H2,20,26)(H,21,24). The van der Waals surface area contributed by atoms with Gasteiger partial charge < -0.3 is 15.5 Å². The molecule has 0 saturated heterocycles. The van der Waals surface area contributed by atoms with Gasteiger partial charge in [0.05, 0.1) is 22.9 Å². The van der Waals surface area contributed by atoms with Gasteiger partial charge in [-0.05, 0) is 18.9 Å². The van der Waals surface area contributed by atoms with E-state index >= 15 is 0 Å². The SMILES string of the molecule is CNc1ncc(-c2nc3cnccc3o2)c2cc(C3(C(N)=O)CC3)ncc12. The van der Waals surface area contributed by atoms with Crippen LogP contribution in [0.4, 0.5) is 5.82 Å². The lowest BCUT2D eigenvalue weighted by atomic mass is 9.98. The second-order valence-corrected chi connectivity index (χ2v) is 6.69. The molecule has 134 valence electrons. The van der Waals surface area contributed by atoms with Crippen LogP contribution in [0.15, 0.2) is 41.3 Å². The highest BCUT2D eigenvalue weighted by molar-refractivity contribution is 6.01. The molecule has 4 aromatic heterocycles. The minimum absolute atomic E-state index is 0.341. The number of fused-ring (bicyclic) bond motifs is 2. The average molecular weight is 360 g/mol. The van der Waals surface area contributed by atoms with Crippen LogP contribution in [0.2, 0.25) is 0 Å². The Balaban J connectivity index is 1.77. The van der Waals surface area contributed by atoms with E-state index in [0.717, 1.165) is 16.3 Å². The molecular formula is C19H16N6O2. The highest BCUT2D eigenvalue weighted by Gasteiger charge is 2.51. The third-order valence-electron chi connectivity index (χ3n) is 5.14. The molecule has 1 aliphatic rings. The number of nitrogens with two attached hydrogens (primary N) is 1. The molecule has 5 rings (SSSR count). The Bertz CT molecular complexity index is 1180. The van der Waals surface area contributed by atoms with Gasteiger partial charge in [-0.2, -0.15) is 0 Å². The largest absolute Gasteiger partial charge is 0.436 e. The fourth-order valence-corrected chi connectivity index (χ4v) is 3.42. The summed E-state index contributed by atoms with van der Waals surface area (Å²) in [6, 6.07) is 3.67. The van der Waals surface area contributed by atoms with Gasteiger partial charge in [-0.25, -0.2) is 9.97 Å². The minimum atomic E-state index is -0.667. The zero-order valence-electron chi connectivity index (χ0n) is 14.6. The van der Waals surface area contributed by atoms with Crippen molar-refractivity contribution >= 4 is 33.6 Å². The van der Waals surface area contributed by atoms with Crippen molar-refractivity contribution in [1.29, 1.82) is 0 Å². The maximum absolute atomic E-state index is 11.9. The van der Waals surface area contributed by atoms with Crippen molar-refractivity contribution in [2.45, 2.75) is 18.3 Å². The zero-order valence-corrected chi connectivity index (χ0v) is 14.6. The van der Waals surface area contributed by atoms with E-state index in [-0.39, 0.29) is 5.91 Å². The van der Waals surface area contributed by atoms with Crippen LogP contribution in [0.25, 0.3) is 33.3 Å². The molecule has 8 heteroatoms. The number of carbonyl (C=O) groups excluding carboxylic acids is 1. The predicted molar refractivity (Wildman–Crippen MR) is 100.0 cm³/mol. The first kappa shape index (κ1) is 15.7. The van der Waals surface area contributed by atoms with Crippen molar-refractivity contribution in [2.75, 3.05) is 12.4 Å². The third-order valence-corrected chi connectivity index (χ3v) is 5.14. The number of aromatic nitrogens is 4. The Morgan fingerprint density at radius 3 is 2.78 bits per heavy atom. The summed E-state index contributed by atoms with van der Waals surface area (Å²) in [5.74, 6) is 0.792. The molecule has 3 N–H and O–H groups in total. The highest BCUT2D eigenvalue weighted by Crippen LogP contribution is 2.48. The molecule has 8 nitrogen and oxygen atoms in total. The van der Waals surface area contributed by atoms with Crippen LogP contribution < -0.4 is 11.1 Å². The van der Waals surface area contributed by atoms with Crippen LogP contribution in [0.3, 0.4) is 0 Å². The lowest BCUT2D eigenvalue weighted by molar-refractivity contribution is -0.120. The molecule has 1 aliphatic carbocycles. The van der Waals surface area contributed by atoms with Crippen molar-refractivity contribution in [1.82, 2.24) is 19.9 Å². The molecule has 27 heavy (non-hydrogen) atoms. The van der Waals surface area contributed by atoms with E-state index in [1.807, 2.05) is 6.07 Å². The van der Waals surface area contributed by atoms with Gasteiger partial charge in [-0.3, -0.25) is 14.8 Å². The van der Waals surface area contributed by atoms with Gasteiger partial charge in [-0.1, -0.05) is 0 Å². The molecule has 0 bridgehead atoms. The van der Waals surface area contributed by atoms with Crippen LogP contribution in [-0.2, 0) is 10.2 Å². The molecule has 1 saturated carbocycles. The highest BCUT2D eigenvalue weighted by atomic mass is 16.3. The van der Waals surface area contributed by atoms with Gasteiger partial charge in [0.1, 0.15) is 11.3 Å². The van der Waals surface area contributed by atoms with Crippen molar-refractivity contribution in [3.8, 4) is 11.5 Å². The van der Waals surface area contributed by atoms with E-state index in [9.17, 15) is 4.79 Å². The van der Waals surface area contributed by atoms with Gasteiger partial charge in [0.25, 0.3) is 0 Å². The maximum Gasteiger partial charge on any atom is 0.229 e. The molecule has 0 atom stereocenters. The third kappa shape index (κ3) is 2.26. The number of pyridine rings is 3. The quantitative estimate of drug-likeness (QED) is 0.573. The molecule has 0 aliphatic heterocycles. The van der Waals surface area contributed by atoms with Crippen LogP contribution in [-0.4, -0.2) is 32.9 Å². The predicted octanol–water partition coefficient (Wildman–Crippen LogP) is 2.39. The number of primary amides is 1. The minimum Gasteiger partial charge on any atom is -0.436 e. The van der Waals surface area contributed by atoms with E-state index in [1.54, 1.807) is 37.9 Å². The molecule has 0 aromatic carbocycles. The van der Waals surface area contributed by atoms with E-state index in [1.165, 1.54) is 0 Å². The number of oxazole rings is 1. The van der Waals surface area contributed by atoms with Gasteiger partial charge in [0.2, 0.25) is 11.8 Å². The second kappa shape index (κ2) is 5.47. The monoisotopic (exact) mass is 360 g/mol. The van der Waals surface area contributed by atoms with Crippen LogP contribution in [0, 0.1) is 0 Å². The Morgan fingerprint density at radius 2 is 2.07 bits per heavy atom. The maximum atomic E-state index is 11.9. The topological polar surface area (TPSA) is 120 Å². The molecule has 1 amide bonds. The number of anilines is 1. The summed E-state index contributed by atoms with van der Waals surface area (Å²) < 4.78 is 5.90. The normalized spacial score (nSPS) is 15.1. The zero-order chi connectivity index (χ0) is 18.6. The number of nitrogens with one attached hydrogen (secondary N) is 1. The van der Waals surface area contributed by atoms with Gasteiger partial charge >= 0.3 is 0 Å². The van der Waals surface area contributed by atoms with Gasteiger partial charge in [0.15, 0.2) is 5.58 Å². The summed E-state index contributed by atoms with van der Waals surface area (Å²) in [4.78, 5) is 29.5. The summed E-state index contributed by atoms with van der Waals surface area (Å²) in [6.45, 7) is 0. The summed E-state index contributed by atoms with van der Waals surface area (Å²) in [5, 5.41) is 4.74. The van der Waals surface area contributed by atoms with Crippen molar-refractivity contribution in [3.63, 3.8) is 0 Å². The van der Waals surface area contributed by atoms with Crippen LogP contribution in [0.1, 0.15) is 18.5 Å². The molecule has 0 radical (unpaired) electrons. The number of amides is 1. The Kier molecular flexibility index (Phi) is 3.18. The second-order valence-electron chi connectivity index (χ2n) is 6.69. The summed E-state index contributed by atoms with van der Waals surface area (Å²) in [6.07, 6.45) is 8.17. The van der Waals surface area contributed by atoms with Gasteiger partial charge in [0, 0.05) is 42.5 Å². The van der Waals surface area contributed by atoms with Crippen LogP contribution >= 0.6 is 0 Å². The summed E-state index contributed by atoms with van der Waals surface area (Å²) in [5.41, 5.74) is 7.68. The summed E-state index contributed by atoms with van der Waals surface area (Å²) in [7, 11) is 1.80. The molecule has 4 heterocycles. The van der Waals surface area contributed by atoms with E-state index in [0.29, 0.717) is 41.3 Å². The van der Waals surface area contributed by atoms with Crippen molar-refractivity contribution < 1.29 is 9.21 Å². The van der Waals surface area contributed by atoms with Crippen LogP contribution in [0.5, 0.6) is 0 Å².